The molecule has 0 aromatic carbocycles. The minimum atomic E-state index is -3.18. The average Bonchev–Trinajstić information content (AvgIpc) is 2.88. The van der Waals surface area contributed by atoms with Gasteiger partial charge in [0.2, 0.25) is 15.9 Å². The number of sulfonamides is 1. The Bertz CT molecular complexity index is 570. The van der Waals surface area contributed by atoms with Crippen LogP contribution in [-0.4, -0.2) is 44.6 Å². The van der Waals surface area contributed by atoms with E-state index in [1.54, 1.807) is 29.4 Å². The molecule has 0 radical (unpaired) electrons. The number of nitrogens with zero attached hydrogens (tertiary/aromatic N) is 1. The molecule has 1 fully saturated rings. The molecular weight excluding hydrogens is 280 g/mol. The molecule has 6 nitrogen and oxygen atoms in total. The highest BCUT2D eigenvalue weighted by Gasteiger charge is 2.23. The molecule has 110 valence electrons. The first-order chi connectivity index (χ1) is 9.44. The summed E-state index contributed by atoms with van der Waals surface area (Å²) < 4.78 is 30.0. The highest BCUT2D eigenvalue weighted by molar-refractivity contribution is 7.88. The molecule has 0 aliphatic carbocycles. The van der Waals surface area contributed by atoms with Crippen LogP contribution in [0.1, 0.15) is 18.6 Å². The molecule has 0 saturated carbocycles. The van der Waals surface area contributed by atoms with Gasteiger partial charge >= 0.3 is 0 Å². The Kier molecular flexibility index (Phi) is 4.61. The Morgan fingerprint density at radius 2 is 2.15 bits per heavy atom. The molecule has 0 atom stereocenters. The van der Waals surface area contributed by atoms with Crippen molar-refractivity contribution in [1.82, 2.24) is 9.62 Å². The Balaban J connectivity index is 1.83. The number of carbonyl (C=O) groups excluding carboxylic acids is 1. The van der Waals surface area contributed by atoms with Gasteiger partial charge in [0.1, 0.15) is 5.76 Å². The van der Waals surface area contributed by atoms with Crippen molar-refractivity contribution in [3.05, 3.63) is 30.2 Å². The first-order valence-corrected chi connectivity index (χ1v) is 8.31. The van der Waals surface area contributed by atoms with E-state index in [-0.39, 0.29) is 11.9 Å². The van der Waals surface area contributed by atoms with Crippen molar-refractivity contribution in [2.75, 3.05) is 19.3 Å². The third kappa shape index (κ3) is 4.50. The molecule has 1 aromatic heterocycles. The minimum absolute atomic E-state index is 0.0805. The fourth-order valence-electron chi connectivity index (χ4n) is 2.17. The zero-order valence-electron chi connectivity index (χ0n) is 11.3. The molecule has 1 aliphatic rings. The van der Waals surface area contributed by atoms with Crippen LogP contribution in [0.25, 0.3) is 6.08 Å². The molecular formula is C13H18N2O4S. The molecule has 1 N–H and O–H groups in total. The lowest BCUT2D eigenvalue weighted by atomic mass is 10.1. The van der Waals surface area contributed by atoms with Crippen LogP contribution in [0.5, 0.6) is 0 Å². The number of amides is 1. The van der Waals surface area contributed by atoms with E-state index in [1.165, 1.54) is 6.08 Å². The summed E-state index contributed by atoms with van der Waals surface area (Å²) in [5.74, 6) is 0.547. The topological polar surface area (TPSA) is 79.6 Å². The minimum Gasteiger partial charge on any atom is -0.465 e. The predicted octanol–water partition coefficient (Wildman–Crippen LogP) is 0.833. The van der Waals surface area contributed by atoms with Gasteiger partial charge in [-0.1, -0.05) is 0 Å². The van der Waals surface area contributed by atoms with E-state index in [0.29, 0.717) is 31.7 Å². The van der Waals surface area contributed by atoms with Gasteiger partial charge in [0.15, 0.2) is 0 Å². The maximum atomic E-state index is 11.9. The van der Waals surface area contributed by atoms with Crippen LogP contribution < -0.4 is 4.72 Å². The van der Waals surface area contributed by atoms with Crippen LogP contribution in [0, 0.1) is 0 Å². The summed E-state index contributed by atoms with van der Waals surface area (Å²) in [6.07, 6.45) is 7.07. The summed E-state index contributed by atoms with van der Waals surface area (Å²) in [6, 6.07) is 3.45. The largest absolute Gasteiger partial charge is 0.465 e. The van der Waals surface area contributed by atoms with Crippen LogP contribution >= 0.6 is 0 Å². The van der Waals surface area contributed by atoms with Gasteiger partial charge in [-0.25, -0.2) is 13.1 Å². The summed E-state index contributed by atoms with van der Waals surface area (Å²) in [5, 5.41) is 0. The quantitative estimate of drug-likeness (QED) is 0.835. The highest BCUT2D eigenvalue weighted by atomic mass is 32.2. The molecule has 1 saturated heterocycles. The summed E-state index contributed by atoms with van der Waals surface area (Å²) in [7, 11) is -3.18. The smallest absolute Gasteiger partial charge is 0.246 e. The van der Waals surface area contributed by atoms with Crippen molar-refractivity contribution in [1.29, 1.82) is 0 Å². The second kappa shape index (κ2) is 6.23. The molecule has 7 heteroatoms. The van der Waals surface area contributed by atoms with Crippen molar-refractivity contribution in [2.45, 2.75) is 18.9 Å². The zero-order chi connectivity index (χ0) is 14.6. The molecule has 2 rings (SSSR count). The van der Waals surface area contributed by atoms with E-state index in [2.05, 4.69) is 4.72 Å². The number of hydrogen-bond donors (Lipinski definition) is 1. The van der Waals surface area contributed by atoms with Gasteiger partial charge in [-0.15, -0.1) is 0 Å². The summed E-state index contributed by atoms with van der Waals surface area (Å²) in [6.45, 7) is 1.10. The second-order valence-electron chi connectivity index (χ2n) is 4.84. The van der Waals surface area contributed by atoms with E-state index < -0.39 is 10.0 Å². The van der Waals surface area contributed by atoms with Crippen molar-refractivity contribution < 1.29 is 17.6 Å². The Morgan fingerprint density at radius 3 is 2.70 bits per heavy atom. The van der Waals surface area contributed by atoms with E-state index in [1.807, 2.05) is 0 Å². The summed E-state index contributed by atoms with van der Waals surface area (Å²) >= 11 is 0. The molecule has 1 aromatic rings. The number of carbonyl (C=O) groups is 1. The number of nitrogens with one attached hydrogen (secondary N) is 1. The number of hydrogen-bond acceptors (Lipinski definition) is 4. The van der Waals surface area contributed by atoms with Gasteiger partial charge < -0.3 is 9.32 Å². The summed E-state index contributed by atoms with van der Waals surface area (Å²) in [5.41, 5.74) is 0. The SMILES string of the molecule is CS(=O)(=O)NC1CCN(C(=O)/C=C/c2ccco2)CC1. The number of likely N-dealkylation sites (tertiary alicyclic amines) is 1. The molecule has 2 heterocycles. The van der Waals surface area contributed by atoms with Crippen molar-refractivity contribution in [3.8, 4) is 0 Å². The normalized spacial score (nSPS) is 17.8. The van der Waals surface area contributed by atoms with E-state index in [9.17, 15) is 13.2 Å². The lowest BCUT2D eigenvalue weighted by Crippen LogP contribution is -2.45. The van der Waals surface area contributed by atoms with Gasteiger partial charge in [-0.05, 0) is 31.1 Å². The maximum Gasteiger partial charge on any atom is 0.246 e. The molecule has 1 aliphatic heterocycles. The molecule has 1 amide bonds. The van der Waals surface area contributed by atoms with Gasteiger partial charge in [0.05, 0.1) is 12.5 Å². The predicted molar refractivity (Wildman–Crippen MR) is 75.3 cm³/mol. The highest BCUT2D eigenvalue weighted by Crippen LogP contribution is 2.12. The van der Waals surface area contributed by atoms with E-state index >= 15 is 0 Å². The second-order valence-corrected chi connectivity index (χ2v) is 6.62. The van der Waals surface area contributed by atoms with Crippen LogP contribution in [0.15, 0.2) is 28.9 Å². The molecule has 0 spiro atoms. The van der Waals surface area contributed by atoms with Gasteiger partial charge in [0.25, 0.3) is 0 Å². The van der Waals surface area contributed by atoms with E-state index in [4.69, 9.17) is 4.42 Å². The Labute approximate surface area is 118 Å². The lowest BCUT2D eigenvalue weighted by Gasteiger charge is -2.31. The van der Waals surface area contributed by atoms with Crippen molar-refractivity contribution in [2.24, 2.45) is 0 Å². The van der Waals surface area contributed by atoms with Gasteiger partial charge in [-0.3, -0.25) is 4.79 Å². The van der Waals surface area contributed by atoms with Gasteiger partial charge in [0, 0.05) is 25.2 Å². The number of piperidine rings is 1. The fourth-order valence-corrected chi connectivity index (χ4v) is 3.01. The third-order valence-electron chi connectivity index (χ3n) is 3.12. The average molecular weight is 298 g/mol. The van der Waals surface area contributed by atoms with Crippen LogP contribution in [0.3, 0.4) is 0 Å². The van der Waals surface area contributed by atoms with Crippen LogP contribution in [-0.2, 0) is 14.8 Å². The molecule has 0 bridgehead atoms. The van der Waals surface area contributed by atoms with E-state index in [0.717, 1.165) is 6.26 Å². The van der Waals surface area contributed by atoms with Crippen molar-refractivity contribution in [3.63, 3.8) is 0 Å². The lowest BCUT2D eigenvalue weighted by molar-refractivity contribution is -0.126. The molecule has 0 unspecified atom stereocenters. The van der Waals surface area contributed by atoms with Crippen LogP contribution in [0.4, 0.5) is 0 Å². The van der Waals surface area contributed by atoms with Gasteiger partial charge in [-0.2, -0.15) is 0 Å². The maximum absolute atomic E-state index is 11.9. The monoisotopic (exact) mass is 298 g/mol. The van der Waals surface area contributed by atoms with Crippen molar-refractivity contribution >= 4 is 22.0 Å². The fraction of sp³-hybridized carbons (Fsp3) is 0.462. The molecule has 20 heavy (non-hydrogen) atoms. The zero-order valence-corrected chi connectivity index (χ0v) is 12.1. The Hall–Kier alpha value is -1.60. The third-order valence-corrected chi connectivity index (χ3v) is 3.88. The standard InChI is InChI=1S/C13H18N2O4S/c1-20(17,18)14-11-6-8-15(9-7-11)13(16)5-4-12-3-2-10-19-12/h2-5,10-11,14H,6-9H2,1H3/b5-4+. The van der Waals surface area contributed by atoms with Crippen LogP contribution in [0.2, 0.25) is 0 Å². The number of rotatable bonds is 4. The summed E-state index contributed by atoms with van der Waals surface area (Å²) in [4.78, 5) is 13.7. The first-order valence-electron chi connectivity index (χ1n) is 6.42. The number of furan rings is 1. The Morgan fingerprint density at radius 1 is 1.45 bits per heavy atom. The first kappa shape index (κ1) is 14.8.